The number of halogens is 1. The van der Waals surface area contributed by atoms with Gasteiger partial charge in [-0.2, -0.15) is 0 Å². The van der Waals surface area contributed by atoms with Crippen molar-refractivity contribution in [2.75, 3.05) is 26.6 Å². The number of nitrogens with zero attached hydrogens (tertiary/aromatic N) is 1. The molecule has 5 nitrogen and oxygen atoms in total. The molecule has 0 spiro atoms. The van der Waals surface area contributed by atoms with E-state index in [9.17, 15) is 4.79 Å². The van der Waals surface area contributed by atoms with E-state index in [1.165, 1.54) is 0 Å². The molecule has 0 bridgehead atoms. The number of nitrogens with one attached hydrogen (secondary N) is 1. The van der Waals surface area contributed by atoms with Gasteiger partial charge in [-0.05, 0) is 11.6 Å². The van der Waals surface area contributed by atoms with Crippen molar-refractivity contribution in [3.63, 3.8) is 0 Å². The second kappa shape index (κ2) is 7.74. The van der Waals surface area contributed by atoms with E-state index in [2.05, 4.69) is 5.32 Å². The van der Waals surface area contributed by atoms with E-state index in [1.807, 2.05) is 18.2 Å². The topological polar surface area (TPSA) is 50.8 Å². The van der Waals surface area contributed by atoms with Gasteiger partial charge >= 0.3 is 6.03 Å². The first-order valence-corrected chi connectivity index (χ1v) is 7.40. The van der Waals surface area contributed by atoms with Crippen molar-refractivity contribution in [2.45, 2.75) is 6.54 Å². The van der Waals surface area contributed by atoms with E-state index in [1.54, 1.807) is 50.4 Å². The molecule has 0 saturated carbocycles. The summed E-state index contributed by atoms with van der Waals surface area (Å²) in [4.78, 5) is 13.9. The molecule has 122 valence electrons. The Bertz CT molecular complexity index is 669. The molecule has 0 saturated heterocycles. The average molecular weight is 335 g/mol. The molecule has 2 rings (SSSR count). The standard InChI is InChI=1S/C17H19ClN2O3/c1-20(11-12-6-4-5-7-16(12)18)17(21)19-13-8-14(22-2)10-15(9-13)23-3/h4-10H,11H2,1-3H3,(H,19,21). The van der Waals surface area contributed by atoms with E-state index in [-0.39, 0.29) is 6.03 Å². The van der Waals surface area contributed by atoms with Crippen LogP contribution in [0.15, 0.2) is 42.5 Å². The van der Waals surface area contributed by atoms with Crippen molar-refractivity contribution in [3.8, 4) is 11.5 Å². The summed E-state index contributed by atoms with van der Waals surface area (Å²) in [5, 5.41) is 3.45. The van der Waals surface area contributed by atoms with Crippen molar-refractivity contribution >= 4 is 23.3 Å². The van der Waals surface area contributed by atoms with Crippen LogP contribution in [0.3, 0.4) is 0 Å². The Labute approximate surface area is 140 Å². The predicted octanol–water partition coefficient (Wildman–Crippen LogP) is 4.02. The number of carbonyl (C=O) groups excluding carboxylic acids is 1. The van der Waals surface area contributed by atoms with Gasteiger partial charge in [-0.1, -0.05) is 29.8 Å². The second-order valence-corrected chi connectivity index (χ2v) is 5.39. The number of methoxy groups -OCH3 is 2. The lowest BCUT2D eigenvalue weighted by atomic mass is 10.2. The molecule has 0 aromatic heterocycles. The van der Waals surface area contributed by atoms with Crippen molar-refractivity contribution in [2.24, 2.45) is 0 Å². The zero-order valence-electron chi connectivity index (χ0n) is 13.3. The van der Waals surface area contributed by atoms with Gasteiger partial charge in [-0.3, -0.25) is 0 Å². The fourth-order valence-corrected chi connectivity index (χ4v) is 2.25. The maximum absolute atomic E-state index is 12.3. The fourth-order valence-electron chi connectivity index (χ4n) is 2.05. The van der Waals surface area contributed by atoms with Crippen LogP contribution in [0.5, 0.6) is 11.5 Å². The minimum atomic E-state index is -0.250. The van der Waals surface area contributed by atoms with Crippen LogP contribution in [0.2, 0.25) is 5.02 Å². The number of carbonyl (C=O) groups is 1. The van der Waals surface area contributed by atoms with Crippen LogP contribution in [0, 0.1) is 0 Å². The maximum Gasteiger partial charge on any atom is 0.321 e. The number of rotatable bonds is 5. The summed E-state index contributed by atoms with van der Waals surface area (Å²) in [6.07, 6.45) is 0. The Balaban J connectivity index is 2.08. The largest absolute Gasteiger partial charge is 0.497 e. The zero-order valence-corrected chi connectivity index (χ0v) is 14.1. The van der Waals surface area contributed by atoms with E-state index < -0.39 is 0 Å². The summed E-state index contributed by atoms with van der Waals surface area (Å²) in [6.45, 7) is 0.409. The van der Waals surface area contributed by atoms with Gasteiger partial charge in [0.05, 0.1) is 14.2 Å². The van der Waals surface area contributed by atoms with Crippen LogP contribution < -0.4 is 14.8 Å². The zero-order chi connectivity index (χ0) is 16.8. The van der Waals surface area contributed by atoms with Crippen molar-refractivity contribution in [1.82, 2.24) is 4.90 Å². The molecule has 0 unspecified atom stereocenters. The minimum absolute atomic E-state index is 0.250. The molecular formula is C17H19ClN2O3. The van der Waals surface area contributed by atoms with Gasteiger partial charge in [0.1, 0.15) is 11.5 Å². The number of hydrogen-bond acceptors (Lipinski definition) is 3. The van der Waals surface area contributed by atoms with Crippen molar-refractivity contribution < 1.29 is 14.3 Å². The molecule has 23 heavy (non-hydrogen) atoms. The SMILES string of the molecule is COc1cc(NC(=O)N(C)Cc2ccccc2Cl)cc(OC)c1. The molecule has 6 heteroatoms. The Morgan fingerprint density at radius 3 is 2.30 bits per heavy atom. The first-order chi connectivity index (χ1) is 11.0. The van der Waals surface area contributed by atoms with Crippen LogP contribution >= 0.6 is 11.6 Å². The third kappa shape index (κ3) is 4.53. The van der Waals surface area contributed by atoms with Gasteiger partial charge < -0.3 is 19.7 Å². The van der Waals surface area contributed by atoms with Gasteiger partial charge in [-0.15, -0.1) is 0 Å². The molecule has 2 amide bonds. The molecule has 0 aliphatic rings. The summed E-state index contributed by atoms with van der Waals surface area (Å²) < 4.78 is 10.4. The summed E-state index contributed by atoms with van der Waals surface area (Å²) in [5.74, 6) is 1.21. The molecule has 0 aliphatic heterocycles. The lowest BCUT2D eigenvalue weighted by molar-refractivity contribution is 0.220. The van der Waals surface area contributed by atoms with E-state index >= 15 is 0 Å². The molecule has 2 aromatic rings. The summed E-state index contributed by atoms with van der Waals surface area (Å²) in [5.41, 5.74) is 1.48. The monoisotopic (exact) mass is 334 g/mol. The number of anilines is 1. The highest BCUT2D eigenvalue weighted by atomic mass is 35.5. The summed E-state index contributed by atoms with van der Waals surface area (Å²) >= 11 is 6.12. The Morgan fingerprint density at radius 1 is 1.13 bits per heavy atom. The third-order valence-electron chi connectivity index (χ3n) is 3.31. The summed E-state index contributed by atoms with van der Waals surface area (Å²) in [7, 11) is 4.82. The highest BCUT2D eigenvalue weighted by Crippen LogP contribution is 2.26. The first-order valence-electron chi connectivity index (χ1n) is 7.02. The fraction of sp³-hybridized carbons (Fsp3) is 0.235. The Hall–Kier alpha value is -2.40. The third-order valence-corrected chi connectivity index (χ3v) is 3.68. The van der Waals surface area contributed by atoms with Gasteiger partial charge in [0.2, 0.25) is 0 Å². The van der Waals surface area contributed by atoms with Crippen LogP contribution in [0.25, 0.3) is 0 Å². The van der Waals surface area contributed by atoms with Crippen LogP contribution in [-0.4, -0.2) is 32.2 Å². The van der Waals surface area contributed by atoms with E-state index in [0.717, 1.165) is 5.56 Å². The average Bonchev–Trinajstić information content (AvgIpc) is 2.56. The molecular weight excluding hydrogens is 316 g/mol. The number of benzene rings is 2. The molecule has 1 N–H and O–H groups in total. The van der Waals surface area contributed by atoms with Crippen molar-refractivity contribution in [3.05, 3.63) is 53.1 Å². The summed E-state index contributed by atoms with van der Waals surface area (Å²) in [6, 6.07) is 12.4. The van der Waals surface area contributed by atoms with Gasteiger partial charge in [0.15, 0.2) is 0 Å². The Kier molecular flexibility index (Phi) is 5.71. The quantitative estimate of drug-likeness (QED) is 0.898. The second-order valence-electron chi connectivity index (χ2n) is 4.98. The van der Waals surface area contributed by atoms with E-state index in [4.69, 9.17) is 21.1 Å². The van der Waals surface area contributed by atoms with Crippen LogP contribution in [-0.2, 0) is 6.54 Å². The molecule has 2 aromatic carbocycles. The van der Waals surface area contributed by atoms with Crippen LogP contribution in [0.4, 0.5) is 10.5 Å². The molecule has 0 fully saturated rings. The smallest absolute Gasteiger partial charge is 0.321 e. The molecule has 0 aliphatic carbocycles. The lowest BCUT2D eigenvalue weighted by Gasteiger charge is -2.19. The van der Waals surface area contributed by atoms with Gasteiger partial charge in [-0.25, -0.2) is 4.79 Å². The molecule has 0 heterocycles. The molecule has 0 radical (unpaired) electrons. The highest BCUT2D eigenvalue weighted by molar-refractivity contribution is 6.31. The number of hydrogen-bond donors (Lipinski definition) is 1. The predicted molar refractivity (Wildman–Crippen MR) is 91.5 cm³/mol. The number of urea groups is 1. The number of amides is 2. The molecule has 0 atom stereocenters. The number of ether oxygens (including phenoxy) is 2. The first kappa shape index (κ1) is 17.0. The van der Waals surface area contributed by atoms with Crippen LogP contribution in [0.1, 0.15) is 5.56 Å². The normalized spacial score (nSPS) is 10.1. The van der Waals surface area contributed by atoms with Crippen molar-refractivity contribution in [1.29, 1.82) is 0 Å². The van der Waals surface area contributed by atoms with E-state index in [0.29, 0.717) is 28.8 Å². The minimum Gasteiger partial charge on any atom is -0.497 e. The maximum atomic E-state index is 12.3. The highest BCUT2D eigenvalue weighted by Gasteiger charge is 2.12. The van der Waals surface area contributed by atoms with Gasteiger partial charge in [0, 0.05) is 42.5 Å². The van der Waals surface area contributed by atoms with Gasteiger partial charge in [0.25, 0.3) is 0 Å². The lowest BCUT2D eigenvalue weighted by Crippen LogP contribution is -2.30. The Morgan fingerprint density at radius 2 is 1.74 bits per heavy atom.